The molecule has 3 heterocycles. The summed E-state index contributed by atoms with van der Waals surface area (Å²) in [5.41, 5.74) is 1.77. The van der Waals surface area contributed by atoms with Gasteiger partial charge in [-0.2, -0.15) is 0 Å². The number of carbonyl (C=O) groups excluding carboxylic acids is 2. The highest BCUT2D eigenvalue weighted by atomic mass is 16.2. The molecule has 2 saturated heterocycles. The van der Waals surface area contributed by atoms with Crippen molar-refractivity contribution in [1.29, 1.82) is 0 Å². The van der Waals surface area contributed by atoms with Crippen LogP contribution in [0.15, 0.2) is 54.9 Å². The third-order valence-corrected chi connectivity index (χ3v) is 7.59. The van der Waals surface area contributed by atoms with Crippen LogP contribution in [-0.4, -0.2) is 64.4 Å². The number of benzene rings is 1. The molecule has 0 aliphatic carbocycles. The first kappa shape index (κ1) is 23.4. The Hall–Kier alpha value is -2.73. The average molecular weight is 449 g/mol. The summed E-state index contributed by atoms with van der Waals surface area (Å²) in [6.45, 7) is 3.76. The Morgan fingerprint density at radius 3 is 2.70 bits per heavy atom. The molecule has 2 aliphatic rings. The van der Waals surface area contributed by atoms with E-state index >= 15 is 0 Å². The van der Waals surface area contributed by atoms with E-state index in [0.717, 1.165) is 32.2 Å². The third kappa shape index (κ3) is 5.27. The summed E-state index contributed by atoms with van der Waals surface area (Å²) < 4.78 is 0. The Morgan fingerprint density at radius 2 is 1.94 bits per heavy atom. The molecule has 0 radical (unpaired) electrons. The smallest absolute Gasteiger partial charge is 0.252 e. The summed E-state index contributed by atoms with van der Waals surface area (Å²) in [5, 5.41) is 2.89. The lowest BCUT2D eigenvalue weighted by Gasteiger charge is -2.44. The van der Waals surface area contributed by atoms with E-state index in [-0.39, 0.29) is 29.4 Å². The normalized spacial score (nSPS) is 25.7. The lowest BCUT2D eigenvalue weighted by molar-refractivity contribution is -0.135. The number of rotatable bonds is 6. The Labute approximate surface area is 197 Å². The van der Waals surface area contributed by atoms with E-state index in [4.69, 9.17) is 0 Å². The second-order valence-electron chi connectivity index (χ2n) is 9.74. The fourth-order valence-corrected chi connectivity index (χ4v) is 5.69. The minimum Gasteiger partial charge on any atom is -0.351 e. The Kier molecular flexibility index (Phi) is 7.43. The molecule has 4 rings (SSSR count). The first-order chi connectivity index (χ1) is 16.0. The molecule has 6 heteroatoms. The number of nitrogens with one attached hydrogen (secondary N) is 1. The Morgan fingerprint density at radius 1 is 1.12 bits per heavy atom. The largest absolute Gasteiger partial charge is 0.351 e. The van der Waals surface area contributed by atoms with Crippen LogP contribution in [0.2, 0.25) is 0 Å². The van der Waals surface area contributed by atoms with Crippen molar-refractivity contribution in [3.63, 3.8) is 0 Å². The van der Waals surface area contributed by atoms with E-state index in [1.165, 1.54) is 18.4 Å². The number of aromatic nitrogens is 1. The maximum atomic E-state index is 13.6. The van der Waals surface area contributed by atoms with Crippen molar-refractivity contribution in [2.24, 2.45) is 0 Å². The molecule has 0 spiro atoms. The van der Waals surface area contributed by atoms with Crippen LogP contribution >= 0.6 is 0 Å². The van der Waals surface area contributed by atoms with Gasteiger partial charge in [0.2, 0.25) is 5.91 Å². The fraction of sp³-hybridized carbons (Fsp3) is 0.519. The lowest BCUT2D eigenvalue weighted by atomic mass is 9.84. The van der Waals surface area contributed by atoms with Crippen molar-refractivity contribution in [3.05, 3.63) is 66.0 Å². The van der Waals surface area contributed by atoms with Gasteiger partial charge in [-0.05, 0) is 63.9 Å². The molecule has 6 nitrogen and oxygen atoms in total. The molecule has 3 atom stereocenters. The maximum Gasteiger partial charge on any atom is 0.252 e. The number of likely N-dealkylation sites (tertiary alicyclic amines) is 2. The van der Waals surface area contributed by atoms with Gasteiger partial charge >= 0.3 is 0 Å². The van der Waals surface area contributed by atoms with Crippen LogP contribution in [0.1, 0.15) is 61.4 Å². The van der Waals surface area contributed by atoms with Crippen LogP contribution in [0.25, 0.3) is 0 Å². The number of amides is 2. The van der Waals surface area contributed by atoms with E-state index in [1.54, 1.807) is 24.5 Å². The van der Waals surface area contributed by atoms with E-state index in [2.05, 4.69) is 58.3 Å². The van der Waals surface area contributed by atoms with Crippen molar-refractivity contribution in [2.45, 2.75) is 69.5 Å². The van der Waals surface area contributed by atoms with Crippen molar-refractivity contribution in [3.8, 4) is 0 Å². The summed E-state index contributed by atoms with van der Waals surface area (Å²) >= 11 is 0. The SMILES string of the molecule is CN1CCCCC[C@@H]2N(C(=O)CCNC(=O)c3cccnc3)[C@H](Cc3ccccc3)C[C@@]21C. The topological polar surface area (TPSA) is 65.5 Å². The summed E-state index contributed by atoms with van der Waals surface area (Å²) in [4.78, 5) is 34.7. The number of hydrogen-bond acceptors (Lipinski definition) is 4. The summed E-state index contributed by atoms with van der Waals surface area (Å²) in [7, 11) is 2.22. The van der Waals surface area contributed by atoms with Gasteiger partial charge in [0.1, 0.15) is 0 Å². The average Bonchev–Trinajstić information content (AvgIpc) is 3.10. The van der Waals surface area contributed by atoms with Crippen LogP contribution in [0.5, 0.6) is 0 Å². The fourth-order valence-electron chi connectivity index (χ4n) is 5.69. The maximum absolute atomic E-state index is 13.6. The molecule has 2 amide bonds. The van der Waals surface area contributed by atoms with Crippen LogP contribution < -0.4 is 5.32 Å². The standard InChI is InChI=1S/C27H36N4O2/c1-27-19-23(18-21-10-5-3-6-11-21)31(24(27)13-7-4-8-17-30(27)2)25(32)14-16-29-26(33)22-12-9-15-28-20-22/h3,5-6,9-12,15,20,23-24H,4,7-8,13-14,16-19H2,1-2H3,(H,29,33)/t23-,24+,27+/m1/s1. The van der Waals surface area contributed by atoms with Crippen LogP contribution in [0.3, 0.4) is 0 Å². The zero-order valence-electron chi connectivity index (χ0n) is 19.9. The first-order valence-corrected chi connectivity index (χ1v) is 12.2. The highest BCUT2D eigenvalue weighted by Crippen LogP contribution is 2.42. The van der Waals surface area contributed by atoms with Gasteiger partial charge in [0.25, 0.3) is 5.91 Å². The molecule has 0 bridgehead atoms. The van der Waals surface area contributed by atoms with Gasteiger partial charge in [-0.3, -0.25) is 19.5 Å². The zero-order chi connectivity index (χ0) is 23.3. The number of hydrogen-bond donors (Lipinski definition) is 1. The van der Waals surface area contributed by atoms with Gasteiger partial charge in [-0.15, -0.1) is 0 Å². The quantitative estimate of drug-likeness (QED) is 0.732. The van der Waals surface area contributed by atoms with Gasteiger partial charge in [-0.1, -0.05) is 43.2 Å². The summed E-state index contributed by atoms with van der Waals surface area (Å²) in [6.07, 6.45) is 9.99. The predicted molar refractivity (Wildman–Crippen MR) is 130 cm³/mol. The van der Waals surface area contributed by atoms with Gasteiger partial charge in [0, 0.05) is 36.9 Å². The second kappa shape index (κ2) is 10.5. The zero-order valence-corrected chi connectivity index (χ0v) is 19.9. The minimum atomic E-state index is -0.186. The first-order valence-electron chi connectivity index (χ1n) is 12.2. The van der Waals surface area contributed by atoms with Gasteiger partial charge < -0.3 is 10.2 Å². The van der Waals surface area contributed by atoms with Crippen LogP contribution in [0.4, 0.5) is 0 Å². The van der Waals surface area contributed by atoms with Crippen molar-refractivity contribution < 1.29 is 9.59 Å². The molecule has 33 heavy (non-hydrogen) atoms. The van der Waals surface area contributed by atoms with Crippen molar-refractivity contribution >= 4 is 11.8 Å². The van der Waals surface area contributed by atoms with Crippen molar-refractivity contribution in [2.75, 3.05) is 20.1 Å². The molecular weight excluding hydrogens is 412 g/mol. The molecule has 2 aliphatic heterocycles. The molecule has 2 fully saturated rings. The number of likely N-dealkylation sites (N-methyl/N-ethyl adjacent to an activating group) is 1. The highest BCUT2D eigenvalue weighted by molar-refractivity contribution is 5.94. The number of fused-ring (bicyclic) bond motifs is 1. The molecule has 0 saturated carbocycles. The van der Waals surface area contributed by atoms with E-state index in [0.29, 0.717) is 18.5 Å². The minimum absolute atomic E-state index is 0.0194. The monoisotopic (exact) mass is 448 g/mol. The number of nitrogens with zero attached hydrogens (tertiary/aromatic N) is 3. The molecule has 176 valence electrons. The molecule has 1 N–H and O–H groups in total. The number of carbonyl (C=O) groups is 2. The van der Waals surface area contributed by atoms with E-state index in [1.807, 2.05) is 6.07 Å². The Balaban J connectivity index is 1.49. The third-order valence-electron chi connectivity index (χ3n) is 7.59. The van der Waals surface area contributed by atoms with E-state index < -0.39 is 0 Å². The van der Waals surface area contributed by atoms with Gasteiger partial charge in [-0.25, -0.2) is 0 Å². The van der Waals surface area contributed by atoms with Gasteiger partial charge in [0.15, 0.2) is 0 Å². The highest BCUT2D eigenvalue weighted by Gasteiger charge is 2.52. The van der Waals surface area contributed by atoms with Crippen LogP contribution in [0, 0.1) is 0 Å². The molecule has 1 aromatic heterocycles. The predicted octanol–water partition coefficient (Wildman–Crippen LogP) is 3.68. The Bertz CT molecular complexity index is 936. The van der Waals surface area contributed by atoms with Crippen LogP contribution in [-0.2, 0) is 11.2 Å². The lowest BCUT2D eigenvalue weighted by Crippen LogP contribution is -2.55. The molecular formula is C27H36N4O2. The van der Waals surface area contributed by atoms with E-state index in [9.17, 15) is 9.59 Å². The second-order valence-corrected chi connectivity index (χ2v) is 9.74. The summed E-state index contributed by atoms with van der Waals surface area (Å²) in [6, 6.07) is 14.3. The molecule has 2 aromatic rings. The molecule has 0 unspecified atom stereocenters. The van der Waals surface area contributed by atoms with Crippen molar-refractivity contribution in [1.82, 2.24) is 20.1 Å². The summed E-state index contributed by atoms with van der Waals surface area (Å²) in [5.74, 6) is -0.0428. The van der Waals surface area contributed by atoms with Gasteiger partial charge in [0.05, 0.1) is 11.6 Å². The molecule has 1 aromatic carbocycles. The number of pyridine rings is 1.